The molecule has 4 nitrogen and oxygen atoms in total. The first-order valence-corrected chi connectivity index (χ1v) is 1.71. The fraction of sp³-hybridized carbons (Fsp3) is 0.250. The quantitative estimate of drug-likeness (QED) is 0.393. The second-order valence-electron chi connectivity index (χ2n) is 0.913. The largest absolute Gasteiger partial charge is 0.503 e. The van der Waals surface area contributed by atoms with Crippen LogP contribution in [0.25, 0.3) is 0 Å². The number of hydrogen-bond donors (Lipinski definition) is 2. The van der Waals surface area contributed by atoms with Crippen LogP contribution in [0.5, 0.6) is 0 Å². The Balaban J connectivity index is -0.0000000300. The summed E-state index contributed by atoms with van der Waals surface area (Å²) in [6, 6.07) is 0. The van der Waals surface area contributed by atoms with Crippen LogP contribution in [0.15, 0.2) is 0 Å². The van der Waals surface area contributed by atoms with E-state index in [9.17, 15) is 0 Å². The molecular formula is C4H10AlO4Zn-. The molecule has 0 bridgehead atoms. The summed E-state index contributed by atoms with van der Waals surface area (Å²) in [5.74, 6) is -1.92. The predicted octanol–water partition coefficient (Wildman–Crippen LogP) is -1.19. The van der Waals surface area contributed by atoms with Gasteiger partial charge in [0.15, 0.2) is 23.3 Å². The molecule has 0 aromatic carbocycles. The molecule has 6 heteroatoms. The van der Waals surface area contributed by atoms with Crippen molar-refractivity contribution >= 4 is 29.3 Å². The number of carboxylic acids is 2. The predicted molar refractivity (Wildman–Crippen MR) is 36.2 cm³/mol. The van der Waals surface area contributed by atoms with Crippen molar-refractivity contribution in [1.82, 2.24) is 0 Å². The van der Waals surface area contributed by atoms with Crippen LogP contribution in [-0.4, -0.2) is 39.5 Å². The second kappa shape index (κ2) is 16.0. The Morgan fingerprint density at radius 3 is 1.30 bits per heavy atom. The van der Waals surface area contributed by atoms with Crippen LogP contribution in [0.3, 0.4) is 0 Å². The summed E-state index contributed by atoms with van der Waals surface area (Å²) < 4.78 is 0. The van der Waals surface area contributed by atoms with Gasteiger partial charge in [0.1, 0.15) is 0 Å². The minimum absolute atomic E-state index is 0. The van der Waals surface area contributed by atoms with Gasteiger partial charge in [0.25, 0.3) is 5.97 Å². The molecule has 0 atom stereocenters. The number of rotatable bonds is 0. The topological polar surface area (TPSA) is 74.6 Å². The van der Waals surface area contributed by atoms with Gasteiger partial charge in [-0.1, -0.05) is 0 Å². The van der Waals surface area contributed by atoms with Gasteiger partial charge in [-0.3, -0.25) is 16.5 Å². The molecule has 0 aromatic heterocycles. The Morgan fingerprint density at radius 1 is 1.30 bits per heavy atom. The summed E-state index contributed by atoms with van der Waals surface area (Å²) in [6.45, 7) is 3.64. The number of hydrogen-bond acceptors (Lipinski definition) is 2. The minimum atomic E-state index is -1.08. The van der Waals surface area contributed by atoms with Crippen LogP contribution in [0.4, 0.5) is 0 Å². The molecule has 0 saturated carbocycles. The molecule has 0 amide bonds. The van der Waals surface area contributed by atoms with Gasteiger partial charge in [-0.2, -0.15) is 0 Å². The molecule has 0 radical (unpaired) electrons. The molecule has 2 N–H and O–H groups in total. The molecule has 10 heavy (non-hydrogen) atoms. The van der Waals surface area contributed by atoms with E-state index in [4.69, 9.17) is 19.8 Å². The van der Waals surface area contributed by atoms with Gasteiger partial charge < -0.3 is 10.2 Å². The maximum atomic E-state index is 9.00. The Hall–Kier alpha value is -0.0342. The molecule has 0 aromatic rings. The Kier molecular flexibility index (Phi) is 36.0. The molecule has 0 spiro atoms. The first kappa shape index (κ1) is 22.5. The minimum Gasteiger partial charge on any atom is -0.503 e. The van der Waals surface area contributed by atoms with Crippen LogP contribution in [0.2, 0.25) is 0 Å². The molecule has 0 unspecified atom stereocenters. The summed E-state index contributed by atoms with van der Waals surface area (Å²) >= 11 is 0. The standard InChI is InChI=1S/C2H4O2.C2H3O2.Al.Zn.3H/c2*1-2(3)4;;;;;/h1H3,(H,3,4);1H2,(H,3,4);;;;;/q;-1;;;;;. The molecule has 56 valence electrons. The Labute approximate surface area is 82.5 Å². The summed E-state index contributed by atoms with van der Waals surface area (Å²) in [5.41, 5.74) is 0. The van der Waals surface area contributed by atoms with Gasteiger partial charge in [0.2, 0.25) is 0 Å². The third kappa shape index (κ3) is 331000. The summed E-state index contributed by atoms with van der Waals surface area (Å²) in [7, 11) is 0. The van der Waals surface area contributed by atoms with Crippen molar-refractivity contribution in [3.05, 3.63) is 6.92 Å². The van der Waals surface area contributed by atoms with E-state index in [1.165, 1.54) is 0 Å². The van der Waals surface area contributed by atoms with E-state index in [2.05, 4.69) is 6.92 Å². The molecule has 0 fully saturated rings. The summed E-state index contributed by atoms with van der Waals surface area (Å²) in [5, 5.41) is 14.7. The third-order valence-electron chi connectivity index (χ3n) is 0. The summed E-state index contributed by atoms with van der Waals surface area (Å²) in [6.07, 6.45) is 0. The van der Waals surface area contributed by atoms with Crippen molar-refractivity contribution in [2.24, 2.45) is 0 Å². The van der Waals surface area contributed by atoms with Crippen molar-refractivity contribution in [2.75, 3.05) is 0 Å². The van der Waals surface area contributed by atoms with E-state index in [0.29, 0.717) is 0 Å². The molecule has 0 aliphatic rings. The van der Waals surface area contributed by atoms with Crippen molar-refractivity contribution in [3.8, 4) is 0 Å². The zero-order valence-corrected chi connectivity index (χ0v) is 8.09. The van der Waals surface area contributed by atoms with Crippen LogP contribution < -0.4 is 0 Å². The fourth-order valence-electron chi connectivity index (χ4n) is 0. The normalized spacial score (nSPS) is 4.90. The molecular weight excluding hydrogens is 204 g/mol. The van der Waals surface area contributed by atoms with Crippen molar-refractivity contribution in [1.29, 1.82) is 0 Å². The zero-order chi connectivity index (χ0) is 7.15. The molecule has 0 heterocycles. The van der Waals surface area contributed by atoms with Gasteiger partial charge >= 0.3 is 0 Å². The van der Waals surface area contributed by atoms with Crippen LogP contribution in [-0.2, 0) is 29.1 Å². The Bertz CT molecular complexity index is 75.3. The second-order valence-corrected chi connectivity index (χ2v) is 0.913. The van der Waals surface area contributed by atoms with E-state index < -0.39 is 11.9 Å². The van der Waals surface area contributed by atoms with Gasteiger partial charge in [-0.05, 0) is 0 Å². The zero-order valence-electron chi connectivity index (χ0n) is 5.13. The maximum Gasteiger partial charge on any atom is 0.300 e. The third-order valence-corrected chi connectivity index (χ3v) is 0. The molecule has 0 aliphatic heterocycles. The van der Waals surface area contributed by atoms with E-state index in [0.717, 1.165) is 6.92 Å². The average Bonchev–Trinajstić information content (AvgIpc) is 1.25. The van der Waals surface area contributed by atoms with Crippen LogP contribution >= 0.6 is 0 Å². The SMILES string of the molecule is CC(=O)O.[AlH3].[CH2-]C(=O)O.[Zn]. The molecule has 0 saturated heterocycles. The van der Waals surface area contributed by atoms with Gasteiger partial charge in [0.05, 0.1) is 0 Å². The van der Waals surface area contributed by atoms with Crippen LogP contribution in [0, 0.1) is 6.92 Å². The molecule has 0 aliphatic carbocycles. The number of carbonyl (C=O) groups is 2. The average molecular weight is 214 g/mol. The number of carboxylic acid groups (broad SMARTS) is 2. The Morgan fingerprint density at radius 2 is 1.30 bits per heavy atom. The van der Waals surface area contributed by atoms with E-state index >= 15 is 0 Å². The van der Waals surface area contributed by atoms with E-state index in [-0.39, 0.29) is 36.8 Å². The monoisotopic (exact) mass is 213 g/mol. The van der Waals surface area contributed by atoms with E-state index in [1.54, 1.807) is 0 Å². The van der Waals surface area contributed by atoms with Gasteiger partial charge in [0, 0.05) is 26.4 Å². The summed E-state index contributed by atoms with van der Waals surface area (Å²) in [4.78, 5) is 17.9. The first-order valence-electron chi connectivity index (χ1n) is 1.71. The first-order chi connectivity index (χ1) is 3.46. The molecule has 0 rings (SSSR count). The van der Waals surface area contributed by atoms with Crippen molar-refractivity contribution in [2.45, 2.75) is 6.92 Å². The maximum absolute atomic E-state index is 9.00. The van der Waals surface area contributed by atoms with Crippen molar-refractivity contribution < 1.29 is 39.3 Å². The van der Waals surface area contributed by atoms with Crippen molar-refractivity contribution in [3.63, 3.8) is 0 Å². The van der Waals surface area contributed by atoms with E-state index in [1.807, 2.05) is 0 Å². The van der Waals surface area contributed by atoms with Gasteiger partial charge in [-0.25, -0.2) is 0 Å². The smallest absolute Gasteiger partial charge is 0.300 e. The number of aliphatic carboxylic acids is 2. The fourth-order valence-corrected chi connectivity index (χ4v) is 0. The van der Waals surface area contributed by atoms with Crippen LogP contribution in [0.1, 0.15) is 6.92 Å². The van der Waals surface area contributed by atoms with Gasteiger partial charge in [-0.15, -0.1) is 0 Å².